The summed E-state index contributed by atoms with van der Waals surface area (Å²) < 4.78 is 7.24. The first-order valence-electron chi connectivity index (χ1n) is 16.1. The Morgan fingerprint density at radius 1 is 0.408 bits per heavy atom. The molecule has 3 aromatic heterocycles. The van der Waals surface area contributed by atoms with E-state index in [-0.39, 0.29) is 0 Å². The van der Waals surface area contributed by atoms with E-state index in [1.54, 1.807) is 0 Å². The van der Waals surface area contributed by atoms with E-state index in [1.807, 2.05) is 47.7 Å². The Balaban J connectivity index is 1.17. The van der Waals surface area contributed by atoms with Crippen molar-refractivity contribution in [3.8, 4) is 34.6 Å². The lowest BCUT2D eigenvalue weighted by molar-refractivity contribution is 1.17. The fourth-order valence-electron chi connectivity index (χ4n) is 7.64. The summed E-state index contributed by atoms with van der Waals surface area (Å²) >= 11 is 1.85. The molecule has 226 valence electrons. The van der Waals surface area contributed by atoms with Gasteiger partial charge in [-0.2, -0.15) is 10.5 Å². The number of nitrogens with zero attached hydrogens (tertiary/aromatic N) is 4. The van der Waals surface area contributed by atoms with Crippen LogP contribution in [0.25, 0.3) is 86.3 Å². The fourth-order valence-corrected chi connectivity index (χ4v) is 8.76. The minimum atomic E-state index is 0.595. The first-order valence-corrected chi connectivity index (χ1v) is 16.9. The molecule has 4 nitrogen and oxygen atoms in total. The van der Waals surface area contributed by atoms with Crippen molar-refractivity contribution in [1.82, 2.24) is 9.13 Å². The Bertz CT molecular complexity index is 3010. The minimum Gasteiger partial charge on any atom is -0.309 e. The molecule has 0 amide bonds. The van der Waals surface area contributed by atoms with E-state index in [4.69, 9.17) is 0 Å². The van der Waals surface area contributed by atoms with E-state index in [2.05, 4.69) is 130 Å². The van der Waals surface area contributed by atoms with Crippen LogP contribution in [0.3, 0.4) is 0 Å². The Hall–Kier alpha value is -6.66. The maximum absolute atomic E-state index is 9.63. The molecule has 10 rings (SSSR count). The van der Waals surface area contributed by atoms with Gasteiger partial charge in [0.05, 0.1) is 45.3 Å². The average Bonchev–Trinajstić information content (AvgIpc) is 3.81. The molecule has 0 aliphatic rings. The number of hydrogen-bond donors (Lipinski definition) is 0. The summed E-state index contributed by atoms with van der Waals surface area (Å²) in [6.07, 6.45) is 0. The molecule has 0 spiro atoms. The highest BCUT2D eigenvalue weighted by Gasteiger charge is 2.18. The molecule has 3 heterocycles. The van der Waals surface area contributed by atoms with Crippen molar-refractivity contribution in [3.63, 3.8) is 0 Å². The summed E-state index contributed by atoms with van der Waals surface area (Å²) in [5.41, 5.74) is 9.90. The number of aromatic nitrogens is 2. The molecule has 5 heteroatoms. The third-order valence-electron chi connectivity index (χ3n) is 9.74. The smallest absolute Gasteiger partial charge is 0.0991 e. The molecule has 0 aliphatic heterocycles. The van der Waals surface area contributed by atoms with E-state index in [1.165, 1.54) is 42.0 Å². The van der Waals surface area contributed by atoms with Crippen molar-refractivity contribution in [2.45, 2.75) is 0 Å². The van der Waals surface area contributed by atoms with Crippen LogP contribution >= 0.6 is 11.3 Å². The van der Waals surface area contributed by atoms with Gasteiger partial charge in [0, 0.05) is 53.1 Å². The lowest BCUT2D eigenvalue weighted by Crippen LogP contribution is -1.96. The van der Waals surface area contributed by atoms with E-state index in [0.717, 1.165) is 44.3 Å². The summed E-state index contributed by atoms with van der Waals surface area (Å²) in [7, 11) is 0. The van der Waals surface area contributed by atoms with Gasteiger partial charge in [-0.15, -0.1) is 11.3 Å². The number of rotatable bonds is 3. The van der Waals surface area contributed by atoms with Crippen LogP contribution in [0.5, 0.6) is 0 Å². The van der Waals surface area contributed by atoms with Crippen LogP contribution in [-0.2, 0) is 0 Å². The zero-order valence-electron chi connectivity index (χ0n) is 26.1. The molecule has 49 heavy (non-hydrogen) atoms. The van der Waals surface area contributed by atoms with Gasteiger partial charge in [0.2, 0.25) is 0 Å². The molecule has 7 aromatic carbocycles. The van der Waals surface area contributed by atoms with Crippen molar-refractivity contribution < 1.29 is 0 Å². The predicted octanol–water partition coefficient (Wildman–Crippen LogP) is 11.7. The molecule has 0 aliphatic carbocycles. The van der Waals surface area contributed by atoms with E-state index in [9.17, 15) is 10.5 Å². The van der Waals surface area contributed by atoms with Crippen molar-refractivity contribution in [2.24, 2.45) is 0 Å². The highest BCUT2D eigenvalue weighted by Crippen LogP contribution is 2.43. The number of thiophene rings is 1. The zero-order chi connectivity index (χ0) is 32.6. The minimum absolute atomic E-state index is 0.595. The normalized spacial score (nSPS) is 11.6. The quantitative estimate of drug-likeness (QED) is 0.193. The highest BCUT2D eigenvalue weighted by molar-refractivity contribution is 7.26. The molecule has 0 unspecified atom stereocenters. The molecule has 0 atom stereocenters. The van der Waals surface area contributed by atoms with Gasteiger partial charge in [0.1, 0.15) is 0 Å². The van der Waals surface area contributed by atoms with Gasteiger partial charge < -0.3 is 9.13 Å². The van der Waals surface area contributed by atoms with Crippen LogP contribution in [0.4, 0.5) is 0 Å². The van der Waals surface area contributed by atoms with E-state index < -0.39 is 0 Å². The summed E-state index contributed by atoms with van der Waals surface area (Å²) in [5.74, 6) is 0. The molecule has 0 N–H and O–H groups in total. The van der Waals surface area contributed by atoms with Gasteiger partial charge in [-0.05, 0) is 96.1 Å². The van der Waals surface area contributed by atoms with Crippen LogP contribution < -0.4 is 0 Å². The summed E-state index contributed by atoms with van der Waals surface area (Å²) in [6.45, 7) is 0. The van der Waals surface area contributed by atoms with Crippen LogP contribution in [-0.4, -0.2) is 9.13 Å². The maximum atomic E-state index is 9.63. The van der Waals surface area contributed by atoms with Gasteiger partial charge >= 0.3 is 0 Å². The first kappa shape index (κ1) is 27.5. The molecule has 0 saturated carbocycles. The largest absolute Gasteiger partial charge is 0.309 e. The number of nitriles is 2. The second-order valence-electron chi connectivity index (χ2n) is 12.4. The van der Waals surface area contributed by atoms with Crippen molar-refractivity contribution in [1.29, 1.82) is 10.5 Å². The molecular formula is C44H24N4S. The maximum Gasteiger partial charge on any atom is 0.0991 e. The third-order valence-corrected chi connectivity index (χ3v) is 10.9. The molecular weight excluding hydrogens is 617 g/mol. The average molecular weight is 641 g/mol. The van der Waals surface area contributed by atoms with Gasteiger partial charge in [0.25, 0.3) is 0 Å². The Labute approximate surface area is 285 Å². The van der Waals surface area contributed by atoms with Crippen LogP contribution in [0.2, 0.25) is 0 Å². The second-order valence-corrected chi connectivity index (χ2v) is 13.5. The van der Waals surface area contributed by atoms with Crippen molar-refractivity contribution in [3.05, 3.63) is 157 Å². The van der Waals surface area contributed by atoms with Crippen molar-refractivity contribution in [2.75, 3.05) is 0 Å². The lowest BCUT2D eigenvalue weighted by Gasteiger charge is -2.13. The topological polar surface area (TPSA) is 57.4 Å². The third kappa shape index (κ3) is 4.01. The SMILES string of the molecule is N#Cc1ccc2c(c1)c1cc(C#N)ccc1n2-c1cccc(-c2cccc(-n3c4ccccc4c4c5c(ccc43)sc3ccccc35)c2)c1. The van der Waals surface area contributed by atoms with Gasteiger partial charge in [0.15, 0.2) is 0 Å². The molecule has 0 radical (unpaired) electrons. The molecule has 0 fully saturated rings. The Morgan fingerprint density at radius 2 is 0.959 bits per heavy atom. The highest BCUT2D eigenvalue weighted by atomic mass is 32.1. The zero-order valence-corrected chi connectivity index (χ0v) is 26.9. The van der Waals surface area contributed by atoms with E-state index in [0.29, 0.717) is 11.1 Å². The molecule has 0 saturated heterocycles. The lowest BCUT2D eigenvalue weighted by atomic mass is 10.0. The Morgan fingerprint density at radius 3 is 1.61 bits per heavy atom. The summed E-state index contributed by atoms with van der Waals surface area (Å²) in [5, 5.41) is 26.4. The van der Waals surface area contributed by atoms with Crippen LogP contribution in [0.15, 0.2) is 146 Å². The molecule has 10 aromatic rings. The van der Waals surface area contributed by atoms with Crippen LogP contribution in [0, 0.1) is 22.7 Å². The number of para-hydroxylation sites is 1. The monoisotopic (exact) mass is 640 g/mol. The molecule has 0 bridgehead atoms. The number of benzene rings is 7. The van der Waals surface area contributed by atoms with Gasteiger partial charge in [-0.1, -0.05) is 60.7 Å². The second kappa shape index (κ2) is 10.4. The summed E-state index contributed by atoms with van der Waals surface area (Å²) in [6, 6.07) is 55.5. The van der Waals surface area contributed by atoms with Gasteiger partial charge in [-0.3, -0.25) is 0 Å². The predicted molar refractivity (Wildman–Crippen MR) is 203 cm³/mol. The number of fused-ring (bicyclic) bond motifs is 10. The van der Waals surface area contributed by atoms with Gasteiger partial charge in [-0.25, -0.2) is 0 Å². The first-order chi connectivity index (χ1) is 24.2. The standard InChI is InChI=1S/C44H24N4S/c45-25-27-15-17-38-35(21-27)36-22-28(26-46)16-18-39(36)47(38)31-9-5-7-29(23-31)30-8-6-10-32(24-30)48-37-13-3-1-11-33(37)43-40(48)19-20-42-44(43)34-12-2-4-14-41(34)49-42/h1-24H. The van der Waals surface area contributed by atoms with Crippen LogP contribution in [0.1, 0.15) is 11.1 Å². The fraction of sp³-hybridized carbons (Fsp3) is 0. The summed E-state index contributed by atoms with van der Waals surface area (Å²) in [4.78, 5) is 0. The number of hydrogen-bond acceptors (Lipinski definition) is 3. The Kier molecular flexibility index (Phi) is 5.84. The van der Waals surface area contributed by atoms with E-state index >= 15 is 0 Å². The van der Waals surface area contributed by atoms with Crippen molar-refractivity contribution >= 4 is 75.1 Å².